The van der Waals surface area contributed by atoms with Gasteiger partial charge in [-0.25, -0.2) is 8.42 Å². The largest absolute Gasteiger partial charge is 0.496 e. The third-order valence-electron chi connectivity index (χ3n) is 6.04. The summed E-state index contributed by atoms with van der Waals surface area (Å²) in [6.45, 7) is 0.936. The maximum absolute atomic E-state index is 14.0. The molecule has 0 bridgehead atoms. The van der Waals surface area contributed by atoms with Crippen molar-refractivity contribution in [2.75, 3.05) is 20.8 Å². The first-order valence-corrected chi connectivity index (χ1v) is 12.2. The highest BCUT2D eigenvalue weighted by atomic mass is 32.2. The minimum Gasteiger partial charge on any atom is -0.496 e. The monoisotopic (exact) mass is 455 g/mol. The molecule has 0 saturated heterocycles. The predicted octanol–water partition coefficient (Wildman–Crippen LogP) is 4.32. The molecule has 0 aromatic heterocycles. The zero-order valence-corrected chi connectivity index (χ0v) is 19.3. The average Bonchev–Trinajstić information content (AvgIpc) is 2.81. The molecule has 2 aromatic carbocycles. The number of para-hydroxylation sites is 1. The Kier molecular flexibility index (Phi) is 6.98. The van der Waals surface area contributed by atoms with E-state index in [9.17, 15) is 8.42 Å². The Labute approximate surface area is 190 Å². The van der Waals surface area contributed by atoms with Gasteiger partial charge in [0.25, 0.3) is 0 Å². The summed E-state index contributed by atoms with van der Waals surface area (Å²) in [5.41, 5.74) is 1.76. The molecular weight excluding hydrogens is 426 g/mol. The van der Waals surface area contributed by atoms with Gasteiger partial charge in [0, 0.05) is 18.2 Å². The Hall–Kier alpha value is -2.61. The first-order chi connectivity index (χ1) is 15.5. The number of rotatable bonds is 6. The number of nitrogens with zero attached hydrogens (tertiary/aromatic N) is 1. The number of benzene rings is 2. The van der Waals surface area contributed by atoms with Crippen LogP contribution in [0, 0.1) is 5.92 Å². The highest BCUT2D eigenvalue weighted by molar-refractivity contribution is 7.89. The molecule has 170 valence electrons. The van der Waals surface area contributed by atoms with Gasteiger partial charge in [-0.3, -0.25) is 0 Å². The summed E-state index contributed by atoms with van der Waals surface area (Å²) in [7, 11) is -0.759. The van der Waals surface area contributed by atoms with Gasteiger partial charge in [0.2, 0.25) is 10.0 Å². The molecule has 7 heteroatoms. The van der Waals surface area contributed by atoms with Gasteiger partial charge in [0.05, 0.1) is 27.4 Å². The molecule has 0 amide bonds. The van der Waals surface area contributed by atoms with E-state index in [-0.39, 0.29) is 23.4 Å². The Balaban J connectivity index is 1.77. The molecule has 0 fully saturated rings. The van der Waals surface area contributed by atoms with Crippen molar-refractivity contribution in [1.82, 2.24) is 4.31 Å². The Morgan fingerprint density at radius 1 is 1.03 bits per heavy atom. The lowest BCUT2D eigenvalue weighted by Gasteiger charge is -2.35. The van der Waals surface area contributed by atoms with Crippen LogP contribution < -0.4 is 9.47 Å². The van der Waals surface area contributed by atoms with E-state index < -0.39 is 10.0 Å². The van der Waals surface area contributed by atoms with E-state index in [1.807, 2.05) is 30.4 Å². The Bertz CT molecular complexity index is 1110. The summed E-state index contributed by atoms with van der Waals surface area (Å²) in [4.78, 5) is 0.164. The fourth-order valence-corrected chi connectivity index (χ4v) is 6.13. The number of sulfonamides is 1. The summed E-state index contributed by atoms with van der Waals surface area (Å²) >= 11 is 0. The van der Waals surface area contributed by atoms with Gasteiger partial charge in [-0.15, -0.1) is 0 Å². The van der Waals surface area contributed by atoms with Crippen LogP contribution in [0.2, 0.25) is 0 Å². The van der Waals surface area contributed by atoms with E-state index >= 15 is 0 Å². The molecule has 1 aliphatic heterocycles. The van der Waals surface area contributed by atoms with Crippen molar-refractivity contribution < 1.29 is 22.6 Å². The van der Waals surface area contributed by atoms with Crippen molar-refractivity contribution in [2.45, 2.75) is 36.9 Å². The van der Waals surface area contributed by atoms with Crippen LogP contribution >= 0.6 is 0 Å². The van der Waals surface area contributed by atoms with Gasteiger partial charge in [-0.1, -0.05) is 48.6 Å². The summed E-state index contributed by atoms with van der Waals surface area (Å²) in [6, 6.07) is 12.1. The normalized spacial score (nSPS) is 21.4. The SMILES string of the molecule is COc1ccccc1S(=O)(=O)N1Cc2cccc(OC)c2COCC1CC1C=CC=CC1. The van der Waals surface area contributed by atoms with Crippen molar-refractivity contribution in [1.29, 1.82) is 0 Å². The van der Waals surface area contributed by atoms with Crippen LogP contribution in [0.3, 0.4) is 0 Å². The molecule has 32 heavy (non-hydrogen) atoms. The number of hydrogen-bond donors (Lipinski definition) is 0. The average molecular weight is 456 g/mol. The Morgan fingerprint density at radius 2 is 1.81 bits per heavy atom. The molecule has 0 spiro atoms. The topological polar surface area (TPSA) is 65.1 Å². The minimum atomic E-state index is -3.86. The van der Waals surface area contributed by atoms with E-state index in [2.05, 4.69) is 12.2 Å². The second-order valence-electron chi connectivity index (χ2n) is 8.01. The number of allylic oxidation sites excluding steroid dienone is 4. The number of hydrogen-bond acceptors (Lipinski definition) is 5. The van der Waals surface area contributed by atoms with E-state index in [1.165, 1.54) is 7.11 Å². The van der Waals surface area contributed by atoms with Crippen LogP contribution in [0.5, 0.6) is 11.5 Å². The first kappa shape index (κ1) is 22.6. The highest BCUT2D eigenvalue weighted by Crippen LogP contribution is 2.34. The quantitative estimate of drug-likeness (QED) is 0.649. The third-order valence-corrected chi connectivity index (χ3v) is 7.98. The van der Waals surface area contributed by atoms with E-state index in [4.69, 9.17) is 14.2 Å². The van der Waals surface area contributed by atoms with Crippen molar-refractivity contribution in [3.8, 4) is 11.5 Å². The fourth-order valence-electron chi connectivity index (χ4n) is 4.37. The molecule has 2 unspecified atom stereocenters. The number of fused-ring (bicyclic) bond motifs is 1. The fraction of sp³-hybridized carbons (Fsp3) is 0.360. The molecule has 4 rings (SSSR count). The van der Waals surface area contributed by atoms with Crippen LogP contribution in [0.4, 0.5) is 0 Å². The molecule has 0 radical (unpaired) electrons. The lowest BCUT2D eigenvalue weighted by atomic mass is 9.93. The van der Waals surface area contributed by atoms with Gasteiger partial charge in [-0.2, -0.15) is 4.31 Å². The Morgan fingerprint density at radius 3 is 2.56 bits per heavy atom. The molecule has 0 saturated carbocycles. The van der Waals surface area contributed by atoms with E-state index in [0.717, 1.165) is 17.5 Å². The van der Waals surface area contributed by atoms with Crippen LogP contribution in [0.25, 0.3) is 0 Å². The number of methoxy groups -OCH3 is 2. The van der Waals surface area contributed by atoms with Crippen molar-refractivity contribution >= 4 is 10.0 Å². The molecule has 0 N–H and O–H groups in total. The van der Waals surface area contributed by atoms with Crippen molar-refractivity contribution in [3.63, 3.8) is 0 Å². The summed E-state index contributed by atoms with van der Waals surface area (Å²) in [6.07, 6.45) is 9.87. The lowest BCUT2D eigenvalue weighted by Crippen LogP contribution is -2.44. The van der Waals surface area contributed by atoms with Crippen molar-refractivity contribution in [3.05, 3.63) is 77.9 Å². The van der Waals surface area contributed by atoms with Crippen molar-refractivity contribution in [2.24, 2.45) is 5.92 Å². The maximum atomic E-state index is 14.0. The van der Waals surface area contributed by atoms with Gasteiger partial charge in [0.1, 0.15) is 16.4 Å². The number of ether oxygens (including phenoxy) is 3. The second-order valence-corrected chi connectivity index (χ2v) is 9.87. The van der Waals surface area contributed by atoms with Crippen LogP contribution in [0.15, 0.2) is 71.7 Å². The predicted molar refractivity (Wildman–Crippen MR) is 123 cm³/mol. The molecule has 1 heterocycles. The zero-order chi connectivity index (χ0) is 22.6. The van der Waals surface area contributed by atoms with Crippen LogP contribution in [-0.4, -0.2) is 39.6 Å². The highest BCUT2D eigenvalue weighted by Gasteiger charge is 2.36. The standard InChI is InChI=1S/C25H29NO5S/c1-29-23-13-8-11-20-16-26(32(27,28)25-14-7-6-12-24(25)30-2)21(17-31-18-22(20)23)15-19-9-4-3-5-10-19/h3-9,11-14,19,21H,10,15-18H2,1-2H3. The smallest absolute Gasteiger partial charge is 0.247 e. The molecule has 2 atom stereocenters. The van der Waals surface area contributed by atoms with Gasteiger partial charge < -0.3 is 14.2 Å². The third kappa shape index (κ3) is 4.60. The second kappa shape index (κ2) is 9.90. The first-order valence-electron chi connectivity index (χ1n) is 10.7. The van der Waals surface area contributed by atoms with E-state index in [1.54, 1.807) is 35.7 Å². The summed E-state index contributed by atoms with van der Waals surface area (Å²) < 4.78 is 46.5. The minimum absolute atomic E-state index is 0.164. The molecule has 2 aliphatic rings. The molecule has 1 aliphatic carbocycles. The van der Waals surface area contributed by atoms with Gasteiger partial charge in [-0.05, 0) is 42.5 Å². The van der Waals surface area contributed by atoms with Gasteiger partial charge >= 0.3 is 0 Å². The van der Waals surface area contributed by atoms with Gasteiger partial charge in [0.15, 0.2) is 0 Å². The summed E-state index contributed by atoms with van der Waals surface area (Å²) in [5.74, 6) is 1.30. The van der Waals surface area contributed by atoms with Crippen LogP contribution in [0.1, 0.15) is 24.0 Å². The summed E-state index contributed by atoms with van der Waals surface area (Å²) in [5, 5.41) is 0. The molecular formula is C25H29NO5S. The zero-order valence-electron chi connectivity index (χ0n) is 18.4. The molecule has 6 nitrogen and oxygen atoms in total. The lowest BCUT2D eigenvalue weighted by molar-refractivity contribution is 0.0592. The van der Waals surface area contributed by atoms with E-state index in [0.29, 0.717) is 31.1 Å². The molecule has 2 aromatic rings. The van der Waals surface area contributed by atoms with Crippen LogP contribution in [-0.2, 0) is 27.9 Å². The maximum Gasteiger partial charge on any atom is 0.247 e.